The second-order valence-corrected chi connectivity index (χ2v) is 7.40. The van der Waals surface area contributed by atoms with E-state index in [9.17, 15) is 4.79 Å². The Bertz CT molecular complexity index is 1100. The second kappa shape index (κ2) is 9.50. The number of hydrogen-bond donors (Lipinski definition) is 2. The van der Waals surface area contributed by atoms with Crippen LogP contribution in [0.3, 0.4) is 0 Å². The van der Waals surface area contributed by atoms with Crippen molar-refractivity contribution in [3.8, 4) is 0 Å². The van der Waals surface area contributed by atoms with E-state index in [0.717, 1.165) is 4.90 Å². The summed E-state index contributed by atoms with van der Waals surface area (Å²) in [5.74, 6) is 0. The molecule has 3 aromatic rings. The van der Waals surface area contributed by atoms with Crippen LogP contribution in [-0.2, 0) is 0 Å². The predicted octanol–water partition coefficient (Wildman–Crippen LogP) is 3.48. The number of fused-ring (bicyclic) bond motifs is 1. The van der Waals surface area contributed by atoms with E-state index >= 15 is 0 Å². The summed E-state index contributed by atoms with van der Waals surface area (Å²) < 4.78 is 1.47. The normalized spacial score (nSPS) is 10.9. The number of nitrogens with one attached hydrogen (secondary N) is 2. The van der Waals surface area contributed by atoms with Gasteiger partial charge in [-0.3, -0.25) is 14.6 Å². The molecular weight excluding hydrogens is 414 g/mol. The van der Waals surface area contributed by atoms with Gasteiger partial charge in [0.15, 0.2) is 5.11 Å². The van der Waals surface area contributed by atoms with Crippen LogP contribution in [0.5, 0.6) is 0 Å². The highest BCUT2D eigenvalue weighted by Gasteiger charge is 2.13. The molecule has 0 radical (unpaired) electrons. The predicted molar refractivity (Wildman–Crippen MR) is 119 cm³/mol. The molecule has 0 unspecified atom stereocenters. The van der Waals surface area contributed by atoms with Crippen LogP contribution in [0, 0.1) is 0 Å². The van der Waals surface area contributed by atoms with E-state index < -0.39 is 0 Å². The average Bonchev–Trinajstić information content (AvgIpc) is 2.70. The first-order valence-corrected chi connectivity index (χ1v) is 9.81. The van der Waals surface area contributed by atoms with Crippen LogP contribution in [-0.4, -0.2) is 27.3 Å². The number of halogens is 1. The van der Waals surface area contributed by atoms with Gasteiger partial charge in [-0.05, 0) is 48.6 Å². The van der Waals surface area contributed by atoms with Gasteiger partial charge in [0.2, 0.25) is 0 Å². The molecule has 0 fully saturated rings. The number of hydrazone groups is 1. The summed E-state index contributed by atoms with van der Waals surface area (Å²) in [5, 5.41) is 8.48. The lowest BCUT2D eigenvalue weighted by molar-refractivity contribution is 0.935. The molecule has 0 saturated heterocycles. The zero-order valence-corrected chi connectivity index (χ0v) is 17.0. The summed E-state index contributed by atoms with van der Waals surface area (Å²) >= 11 is 12.4. The molecule has 142 valence electrons. The van der Waals surface area contributed by atoms with Crippen LogP contribution in [0.15, 0.2) is 81.1 Å². The fourth-order valence-corrected chi connectivity index (χ4v) is 3.39. The van der Waals surface area contributed by atoms with Crippen LogP contribution in [0.2, 0.25) is 5.02 Å². The Morgan fingerprint density at radius 3 is 2.86 bits per heavy atom. The highest BCUT2D eigenvalue weighted by Crippen LogP contribution is 2.28. The molecule has 0 aliphatic heterocycles. The van der Waals surface area contributed by atoms with E-state index in [1.165, 1.54) is 22.4 Å². The zero-order chi connectivity index (χ0) is 19.9. The molecule has 2 heterocycles. The third-order valence-electron chi connectivity index (χ3n) is 3.53. The summed E-state index contributed by atoms with van der Waals surface area (Å²) in [4.78, 5) is 18.5. The van der Waals surface area contributed by atoms with Gasteiger partial charge in [0.05, 0.1) is 11.8 Å². The maximum absolute atomic E-state index is 12.9. The maximum atomic E-state index is 12.9. The first-order valence-electron chi connectivity index (χ1n) is 8.21. The van der Waals surface area contributed by atoms with Gasteiger partial charge in [-0.2, -0.15) is 5.10 Å². The summed E-state index contributed by atoms with van der Waals surface area (Å²) in [6, 6.07) is 12.7. The first kappa shape index (κ1) is 20.1. The van der Waals surface area contributed by atoms with Gasteiger partial charge >= 0.3 is 0 Å². The minimum atomic E-state index is -0.224. The molecule has 2 N–H and O–H groups in total. The second-order valence-electron chi connectivity index (χ2n) is 5.49. The van der Waals surface area contributed by atoms with Crippen molar-refractivity contribution in [3.05, 3.63) is 82.3 Å². The van der Waals surface area contributed by atoms with E-state index in [4.69, 9.17) is 23.8 Å². The lowest BCUT2D eigenvalue weighted by Gasteiger charge is -2.08. The summed E-state index contributed by atoms with van der Waals surface area (Å²) in [6.45, 7) is 4.12. The number of pyridine rings is 1. The minimum Gasteiger partial charge on any atom is -0.358 e. The van der Waals surface area contributed by atoms with E-state index in [0.29, 0.717) is 32.9 Å². The molecule has 0 bridgehead atoms. The van der Waals surface area contributed by atoms with Gasteiger partial charge < -0.3 is 5.32 Å². The number of benzene rings is 1. The van der Waals surface area contributed by atoms with Crippen molar-refractivity contribution in [2.75, 3.05) is 6.54 Å². The first-order chi connectivity index (χ1) is 13.6. The number of thiocarbonyl (C=S) groups is 1. The van der Waals surface area contributed by atoms with E-state index in [1.54, 1.807) is 36.5 Å². The summed E-state index contributed by atoms with van der Waals surface area (Å²) in [6.07, 6.45) is 4.77. The maximum Gasteiger partial charge on any atom is 0.267 e. The van der Waals surface area contributed by atoms with Gasteiger partial charge in [0.1, 0.15) is 10.7 Å². The number of hydrogen-bond acceptors (Lipinski definition) is 5. The van der Waals surface area contributed by atoms with Crippen molar-refractivity contribution >= 4 is 52.6 Å². The minimum absolute atomic E-state index is 0.224. The largest absolute Gasteiger partial charge is 0.358 e. The van der Waals surface area contributed by atoms with Crippen LogP contribution in [0.4, 0.5) is 0 Å². The van der Waals surface area contributed by atoms with E-state index in [-0.39, 0.29) is 5.56 Å². The fraction of sp³-hybridized carbons (Fsp3) is 0.0526. The van der Waals surface area contributed by atoms with Crippen LogP contribution in [0.25, 0.3) is 5.65 Å². The average molecular weight is 430 g/mol. The van der Waals surface area contributed by atoms with Crippen LogP contribution in [0.1, 0.15) is 5.56 Å². The Kier molecular flexibility index (Phi) is 6.80. The number of aromatic nitrogens is 2. The van der Waals surface area contributed by atoms with Crippen molar-refractivity contribution < 1.29 is 0 Å². The zero-order valence-electron chi connectivity index (χ0n) is 14.6. The molecule has 0 aliphatic carbocycles. The Labute approximate surface area is 176 Å². The van der Waals surface area contributed by atoms with Crippen molar-refractivity contribution in [2.24, 2.45) is 5.10 Å². The highest BCUT2D eigenvalue weighted by molar-refractivity contribution is 7.99. The molecular formula is C19H16ClN5OS2. The van der Waals surface area contributed by atoms with E-state index in [2.05, 4.69) is 27.4 Å². The van der Waals surface area contributed by atoms with Crippen LogP contribution >= 0.6 is 35.6 Å². The SMILES string of the molecule is C=CCNC(=S)NN=Cc1c(Sc2ccc(Cl)cc2)nc2ccccn2c1=O. The van der Waals surface area contributed by atoms with Crippen molar-refractivity contribution in [2.45, 2.75) is 9.92 Å². The molecule has 6 nitrogen and oxygen atoms in total. The van der Waals surface area contributed by atoms with Gasteiger partial charge in [0.25, 0.3) is 5.56 Å². The Morgan fingerprint density at radius 2 is 2.11 bits per heavy atom. The fourth-order valence-electron chi connectivity index (χ4n) is 2.24. The third-order valence-corrected chi connectivity index (χ3v) is 5.03. The number of nitrogens with zero attached hydrogens (tertiary/aromatic N) is 3. The summed E-state index contributed by atoms with van der Waals surface area (Å²) in [5.41, 5.74) is 3.36. The quantitative estimate of drug-likeness (QED) is 0.205. The van der Waals surface area contributed by atoms with Crippen LogP contribution < -0.4 is 16.3 Å². The highest BCUT2D eigenvalue weighted by atomic mass is 35.5. The van der Waals surface area contributed by atoms with Gasteiger partial charge in [-0.1, -0.05) is 35.5 Å². The Hall–Kier alpha value is -2.68. The molecule has 28 heavy (non-hydrogen) atoms. The smallest absolute Gasteiger partial charge is 0.267 e. The van der Waals surface area contributed by atoms with Gasteiger partial charge in [-0.15, -0.1) is 6.58 Å². The van der Waals surface area contributed by atoms with E-state index in [1.807, 2.05) is 18.2 Å². The molecule has 2 aromatic heterocycles. The van der Waals surface area contributed by atoms with Crippen molar-refractivity contribution in [3.63, 3.8) is 0 Å². The Balaban J connectivity index is 1.96. The lowest BCUT2D eigenvalue weighted by Crippen LogP contribution is -2.32. The van der Waals surface area contributed by atoms with Crippen molar-refractivity contribution in [1.82, 2.24) is 20.1 Å². The molecule has 0 amide bonds. The lowest BCUT2D eigenvalue weighted by atomic mass is 10.3. The molecule has 0 spiro atoms. The molecule has 0 aliphatic rings. The Morgan fingerprint density at radius 1 is 1.32 bits per heavy atom. The molecule has 3 rings (SSSR count). The summed E-state index contributed by atoms with van der Waals surface area (Å²) in [7, 11) is 0. The molecule has 0 atom stereocenters. The standard InChI is InChI=1S/C19H16ClN5OS2/c1-2-10-21-19(27)24-22-12-15-17(28-14-8-6-13(20)7-9-14)23-16-5-3-4-11-25(16)18(15)26/h2-9,11-12H,1,10H2,(H2,21,24,27). The monoisotopic (exact) mass is 429 g/mol. The molecule has 1 aromatic carbocycles. The molecule has 0 saturated carbocycles. The number of rotatable bonds is 6. The molecule has 9 heteroatoms. The third kappa shape index (κ3) is 4.98. The van der Waals surface area contributed by atoms with Gasteiger partial charge in [0, 0.05) is 22.7 Å². The van der Waals surface area contributed by atoms with Gasteiger partial charge in [-0.25, -0.2) is 4.98 Å². The van der Waals surface area contributed by atoms with Crippen molar-refractivity contribution in [1.29, 1.82) is 0 Å². The topological polar surface area (TPSA) is 70.8 Å².